The second-order valence-electron chi connectivity index (χ2n) is 2.68. The van der Waals surface area contributed by atoms with Gasteiger partial charge in [0, 0.05) is 10.6 Å². The molecule has 0 amide bonds. The number of hydrogen-bond donors (Lipinski definition) is 1. The summed E-state index contributed by atoms with van der Waals surface area (Å²) in [7, 11) is 0. The van der Waals surface area contributed by atoms with Crippen LogP contribution in [0, 0.1) is 0 Å². The minimum atomic E-state index is -0.840. The SMILES string of the molecule is C=C(Cl)/C=C(\C)C(=O)OCC(O)CCl. The fourth-order valence-electron chi connectivity index (χ4n) is 0.624. The molecule has 1 N–H and O–H groups in total. The van der Waals surface area contributed by atoms with E-state index in [1.807, 2.05) is 0 Å². The van der Waals surface area contributed by atoms with E-state index in [1.54, 1.807) is 6.92 Å². The van der Waals surface area contributed by atoms with Gasteiger partial charge < -0.3 is 9.84 Å². The van der Waals surface area contributed by atoms with Crippen molar-refractivity contribution in [1.82, 2.24) is 0 Å². The fraction of sp³-hybridized carbons (Fsp3) is 0.444. The summed E-state index contributed by atoms with van der Waals surface area (Å²) in [5.41, 5.74) is 0.326. The Bertz CT molecular complexity index is 248. The first-order chi connectivity index (χ1) is 6.47. The van der Waals surface area contributed by atoms with Crippen molar-refractivity contribution in [2.75, 3.05) is 12.5 Å². The number of rotatable bonds is 5. The van der Waals surface area contributed by atoms with E-state index in [4.69, 9.17) is 33.0 Å². The number of carbonyl (C=O) groups excluding carboxylic acids is 1. The van der Waals surface area contributed by atoms with Gasteiger partial charge in [-0.25, -0.2) is 4.79 Å². The molecule has 0 aromatic carbocycles. The normalized spacial score (nSPS) is 13.6. The highest BCUT2D eigenvalue weighted by Gasteiger charge is 2.09. The van der Waals surface area contributed by atoms with Crippen LogP contribution in [0.15, 0.2) is 23.3 Å². The molecule has 0 bridgehead atoms. The molecule has 0 heterocycles. The highest BCUT2D eigenvalue weighted by Crippen LogP contribution is 2.06. The second kappa shape index (κ2) is 6.87. The average molecular weight is 239 g/mol. The van der Waals surface area contributed by atoms with Gasteiger partial charge in [-0.15, -0.1) is 11.6 Å². The Morgan fingerprint density at radius 2 is 2.29 bits per heavy atom. The third kappa shape index (κ3) is 6.02. The standard InChI is InChI=1S/C9H12Cl2O3/c1-6(3-7(2)11)9(13)14-5-8(12)4-10/h3,8,12H,2,4-5H2,1H3/b6-3+. The van der Waals surface area contributed by atoms with Crippen molar-refractivity contribution < 1.29 is 14.6 Å². The minimum Gasteiger partial charge on any atom is -0.460 e. The maximum atomic E-state index is 11.2. The summed E-state index contributed by atoms with van der Waals surface area (Å²) >= 11 is 10.8. The largest absolute Gasteiger partial charge is 0.460 e. The summed E-state index contributed by atoms with van der Waals surface area (Å²) in [6, 6.07) is 0. The van der Waals surface area contributed by atoms with Gasteiger partial charge in [0.05, 0.1) is 5.88 Å². The van der Waals surface area contributed by atoms with Crippen molar-refractivity contribution in [3.05, 3.63) is 23.3 Å². The van der Waals surface area contributed by atoms with Crippen molar-refractivity contribution in [3.63, 3.8) is 0 Å². The summed E-state index contributed by atoms with van der Waals surface area (Å²) < 4.78 is 4.72. The molecule has 1 atom stereocenters. The number of alkyl halides is 1. The van der Waals surface area contributed by atoms with Gasteiger partial charge in [0.1, 0.15) is 12.7 Å². The predicted octanol–water partition coefficient (Wildman–Crippen LogP) is 1.83. The van der Waals surface area contributed by atoms with Crippen LogP contribution >= 0.6 is 23.2 Å². The van der Waals surface area contributed by atoms with Gasteiger partial charge in [0.15, 0.2) is 0 Å². The summed E-state index contributed by atoms with van der Waals surface area (Å²) in [4.78, 5) is 11.2. The Hall–Kier alpha value is -0.510. The van der Waals surface area contributed by atoms with Crippen molar-refractivity contribution in [2.45, 2.75) is 13.0 Å². The Morgan fingerprint density at radius 3 is 2.71 bits per heavy atom. The first-order valence-electron chi connectivity index (χ1n) is 3.91. The Morgan fingerprint density at radius 1 is 1.71 bits per heavy atom. The molecule has 5 heteroatoms. The van der Waals surface area contributed by atoms with Crippen LogP contribution in [-0.2, 0) is 9.53 Å². The van der Waals surface area contributed by atoms with E-state index in [1.165, 1.54) is 6.08 Å². The molecule has 0 aliphatic rings. The fourth-order valence-corrected chi connectivity index (χ4v) is 0.877. The maximum Gasteiger partial charge on any atom is 0.333 e. The maximum absolute atomic E-state index is 11.2. The zero-order valence-electron chi connectivity index (χ0n) is 7.80. The molecular formula is C9H12Cl2O3. The summed E-state index contributed by atoms with van der Waals surface area (Å²) in [6.45, 7) is 4.82. The van der Waals surface area contributed by atoms with Gasteiger partial charge in [-0.2, -0.15) is 0 Å². The molecule has 1 unspecified atom stereocenters. The van der Waals surface area contributed by atoms with Gasteiger partial charge in [-0.1, -0.05) is 18.2 Å². The first kappa shape index (κ1) is 13.5. The van der Waals surface area contributed by atoms with E-state index < -0.39 is 12.1 Å². The van der Waals surface area contributed by atoms with Crippen LogP contribution < -0.4 is 0 Å². The van der Waals surface area contributed by atoms with Crippen LogP contribution in [-0.4, -0.2) is 29.7 Å². The van der Waals surface area contributed by atoms with Crippen molar-refractivity contribution in [2.24, 2.45) is 0 Å². The van der Waals surface area contributed by atoms with Gasteiger partial charge in [0.25, 0.3) is 0 Å². The summed E-state index contributed by atoms with van der Waals surface area (Å²) in [5, 5.41) is 9.25. The van der Waals surface area contributed by atoms with Crippen molar-refractivity contribution in [3.8, 4) is 0 Å². The molecule has 0 saturated carbocycles. The third-order valence-corrected chi connectivity index (χ3v) is 1.75. The topological polar surface area (TPSA) is 46.5 Å². The van der Waals surface area contributed by atoms with Crippen molar-refractivity contribution in [1.29, 1.82) is 0 Å². The molecule has 0 spiro atoms. The molecule has 3 nitrogen and oxygen atoms in total. The van der Waals surface area contributed by atoms with Crippen molar-refractivity contribution >= 4 is 29.2 Å². The number of halogens is 2. The lowest BCUT2D eigenvalue weighted by atomic mass is 10.3. The number of hydrogen-bond acceptors (Lipinski definition) is 3. The lowest BCUT2D eigenvalue weighted by molar-refractivity contribution is -0.141. The molecule has 0 fully saturated rings. The Kier molecular flexibility index (Phi) is 6.62. The predicted molar refractivity (Wildman–Crippen MR) is 56.4 cm³/mol. The zero-order valence-corrected chi connectivity index (χ0v) is 9.31. The van der Waals surface area contributed by atoms with Gasteiger partial charge in [-0.3, -0.25) is 0 Å². The highest BCUT2D eigenvalue weighted by atomic mass is 35.5. The summed E-state index contributed by atoms with van der Waals surface area (Å²) in [6.07, 6.45) is 0.546. The van der Waals surface area contributed by atoms with Crippen LogP contribution in [0.1, 0.15) is 6.92 Å². The molecule has 14 heavy (non-hydrogen) atoms. The molecule has 0 aliphatic heterocycles. The van der Waals surface area contributed by atoms with Crippen LogP contribution in [0.3, 0.4) is 0 Å². The third-order valence-electron chi connectivity index (χ3n) is 1.28. The molecular weight excluding hydrogens is 227 g/mol. The first-order valence-corrected chi connectivity index (χ1v) is 4.82. The molecule has 0 aliphatic carbocycles. The van der Waals surface area contributed by atoms with Crippen LogP contribution in [0.5, 0.6) is 0 Å². The second-order valence-corrected chi connectivity index (χ2v) is 3.47. The lowest BCUT2D eigenvalue weighted by Crippen LogP contribution is -2.20. The van der Waals surface area contributed by atoms with E-state index in [2.05, 4.69) is 6.58 Å². The Balaban J connectivity index is 4.03. The molecule has 0 aromatic rings. The quantitative estimate of drug-likeness (QED) is 0.344. The lowest BCUT2D eigenvalue weighted by Gasteiger charge is -2.07. The molecule has 0 radical (unpaired) electrons. The number of carbonyl (C=O) groups is 1. The number of aliphatic hydroxyl groups is 1. The van der Waals surface area contributed by atoms with Crippen LogP contribution in [0.4, 0.5) is 0 Å². The molecule has 0 rings (SSSR count). The molecule has 0 aromatic heterocycles. The zero-order chi connectivity index (χ0) is 11.1. The monoisotopic (exact) mass is 238 g/mol. The average Bonchev–Trinajstić information content (AvgIpc) is 2.12. The van der Waals surface area contributed by atoms with E-state index in [0.717, 1.165) is 0 Å². The van der Waals surface area contributed by atoms with Crippen LogP contribution in [0.2, 0.25) is 0 Å². The number of esters is 1. The Labute approximate surface area is 93.0 Å². The van der Waals surface area contributed by atoms with Gasteiger partial charge >= 0.3 is 5.97 Å². The molecule has 0 saturated heterocycles. The molecule has 80 valence electrons. The van der Waals surface area contributed by atoms with Gasteiger partial charge in [0.2, 0.25) is 0 Å². The smallest absolute Gasteiger partial charge is 0.333 e. The van der Waals surface area contributed by atoms with E-state index in [0.29, 0.717) is 5.57 Å². The van der Waals surface area contributed by atoms with Crippen LogP contribution in [0.25, 0.3) is 0 Å². The summed E-state index contributed by atoms with van der Waals surface area (Å²) in [5.74, 6) is -0.519. The highest BCUT2D eigenvalue weighted by molar-refractivity contribution is 6.31. The van der Waals surface area contributed by atoms with E-state index >= 15 is 0 Å². The van der Waals surface area contributed by atoms with E-state index in [-0.39, 0.29) is 17.5 Å². The number of ether oxygens (including phenoxy) is 1. The minimum absolute atomic E-state index is 0.0260. The van der Waals surface area contributed by atoms with E-state index in [9.17, 15) is 4.79 Å². The van der Waals surface area contributed by atoms with Gasteiger partial charge in [-0.05, 0) is 13.0 Å². The number of allylic oxidation sites excluding steroid dienone is 2. The number of aliphatic hydroxyl groups excluding tert-OH is 1.